The summed E-state index contributed by atoms with van der Waals surface area (Å²) < 4.78 is 34.5. The lowest BCUT2D eigenvalue weighted by Crippen LogP contribution is -2.53. The number of rotatable bonds is 10. The van der Waals surface area contributed by atoms with Gasteiger partial charge in [0.15, 0.2) is 0 Å². The third-order valence-electron chi connectivity index (χ3n) is 6.56. The van der Waals surface area contributed by atoms with Gasteiger partial charge in [0, 0.05) is 24.2 Å². The van der Waals surface area contributed by atoms with Crippen LogP contribution in [0.15, 0.2) is 89.1 Å². The van der Waals surface area contributed by atoms with E-state index in [4.69, 9.17) is 16.3 Å². The Morgan fingerprint density at radius 2 is 1.68 bits per heavy atom. The summed E-state index contributed by atoms with van der Waals surface area (Å²) in [4.78, 5) is 28.4. The number of hydrogen-bond acceptors (Lipinski definition) is 6. The standard InChI is InChI=1S/C30H30ClN3O5S2/c1-4-34(22-13-15-23(39-3)16-14-22)29(35)26(19-21-9-6-5-7-10-21)32-30(36)33-41(37,38)27-12-8-11-24(20(27)2)25-17-18-40-28(25)31/h5-18,26H,4,19H2,1-3H3,(H2,32,33,36). The molecule has 0 saturated carbocycles. The van der Waals surface area contributed by atoms with Gasteiger partial charge in [-0.25, -0.2) is 17.9 Å². The number of carbonyl (C=O) groups excluding carboxylic acids is 2. The first kappa shape index (κ1) is 30.1. The van der Waals surface area contributed by atoms with Crippen LogP contribution in [0.4, 0.5) is 10.5 Å². The summed E-state index contributed by atoms with van der Waals surface area (Å²) in [5.41, 5.74) is 3.22. The van der Waals surface area contributed by atoms with E-state index in [1.165, 1.54) is 22.3 Å². The predicted octanol–water partition coefficient (Wildman–Crippen LogP) is 6.04. The van der Waals surface area contributed by atoms with Crippen LogP contribution >= 0.6 is 22.9 Å². The molecule has 0 aliphatic rings. The second kappa shape index (κ2) is 13.2. The Bertz CT molecular complexity index is 1620. The molecule has 0 bridgehead atoms. The molecule has 11 heteroatoms. The van der Waals surface area contributed by atoms with Crippen molar-refractivity contribution in [2.24, 2.45) is 0 Å². The average Bonchev–Trinajstić information content (AvgIpc) is 3.39. The summed E-state index contributed by atoms with van der Waals surface area (Å²) >= 11 is 7.64. The first-order valence-corrected chi connectivity index (χ1v) is 15.5. The number of benzene rings is 3. The van der Waals surface area contributed by atoms with Gasteiger partial charge < -0.3 is 15.0 Å². The molecule has 4 rings (SSSR count). The van der Waals surface area contributed by atoms with Gasteiger partial charge in [0.1, 0.15) is 16.1 Å². The summed E-state index contributed by atoms with van der Waals surface area (Å²) in [5.74, 6) is 0.251. The summed E-state index contributed by atoms with van der Waals surface area (Å²) in [6, 6.07) is 20.7. The number of hydrogen-bond donors (Lipinski definition) is 2. The molecule has 1 atom stereocenters. The van der Waals surface area contributed by atoms with Crippen molar-refractivity contribution in [2.75, 3.05) is 18.6 Å². The third-order valence-corrected chi connectivity index (χ3v) is 9.21. The Kier molecular flexibility index (Phi) is 9.69. The number of nitrogens with one attached hydrogen (secondary N) is 2. The monoisotopic (exact) mass is 611 g/mol. The van der Waals surface area contributed by atoms with Crippen molar-refractivity contribution in [3.63, 3.8) is 0 Å². The van der Waals surface area contributed by atoms with Crippen LogP contribution in [0.25, 0.3) is 11.1 Å². The molecule has 8 nitrogen and oxygen atoms in total. The number of sulfonamides is 1. The summed E-state index contributed by atoms with van der Waals surface area (Å²) in [6.45, 7) is 3.81. The number of anilines is 1. The first-order valence-electron chi connectivity index (χ1n) is 12.8. The van der Waals surface area contributed by atoms with E-state index in [9.17, 15) is 18.0 Å². The SMILES string of the molecule is CCN(C(=O)C(Cc1ccccc1)NC(=O)NS(=O)(=O)c1cccc(-c2ccsc2Cl)c1C)c1ccc(OC)cc1. The normalized spacial score (nSPS) is 11.9. The lowest BCUT2D eigenvalue weighted by molar-refractivity contribution is -0.120. The fourth-order valence-corrected chi connectivity index (χ4v) is 6.65. The van der Waals surface area contributed by atoms with E-state index >= 15 is 0 Å². The zero-order valence-corrected chi connectivity index (χ0v) is 25.1. The van der Waals surface area contributed by atoms with E-state index in [2.05, 4.69) is 10.0 Å². The Morgan fingerprint density at radius 3 is 2.29 bits per heavy atom. The zero-order valence-electron chi connectivity index (χ0n) is 22.8. The third kappa shape index (κ3) is 7.08. The minimum atomic E-state index is -4.29. The van der Waals surface area contributed by atoms with Crippen molar-refractivity contribution < 1.29 is 22.7 Å². The molecule has 3 amide bonds. The molecule has 0 radical (unpaired) electrons. The quantitative estimate of drug-likeness (QED) is 0.228. The number of halogens is 1. The maximum absolute atomic E-state index is 13.8. The molecule has 1 unspecified atom stereocenters. The summed E-state index contributed by atoms with van der Waals surface area (Å²) in [5, 5.41) is 4.42. The maximum atomic E-state index is 13.8. The number of thiophene rings is 1. The Hall–Kier alpha value is -3.86. The van der Waals surface area contributed by atoms with Crippen molar-refractivity contribution in [3.8, 4) is 16.9 Å². The lowest BCUT2D eigenvalue weighted by Gasteiger charge is -2.27. The van der Waals surface area contributed by atoms with Gasteiger partial charge in [-0.05, 0) is 72.3 Å². The van der Waals surface area contributed by atoms with Crippen LogP contribution in [0.5, 0.6) is 5.75 Å². The minimum absolute atomic E-state index is 0.0632. The van der Waals surface area contributed by atoms with Gasteiger partial charge in [-0.3, -0.25) is 4.79 Å². The van der Waals surface area contributed by atoms with Crippen LogP contribution < -0.4 is 19.7 Å². The fourth-order valence-electron chi connectivity index (χ4n) is 4.51. The van der Waals surface area contributed by atoms with E-state index in [1.807, 2.05) is 48.7 Å². The number of methoxy groups -OCH3 is 1. The second-order valence-corrected chi connectivity index (χ2v) is 12.3. The molecule has 1 heterocycles. The van der Waals surface area contributed by atoms with Gasteiger partial charge in [-0.2, -0.15) is 0 Å². The molecule has 4 aromatic rings. The van der Waals surface area contributed by atoms with Crippen molar-refractivity contribution in [1.29, 1.82) is 0 Å². The molecule has 214 valence electrons. The van der Waals surface area contributed by atoms with E-state index in [-0.39, 0.29) is 17.2 Å². The predicted molar refractivity (Wildman–Crippen MR) is 163 cm³/mol. The second-order valence-electron chi connectivity index (χ2n) is 9.14. The molecule has 0 fully saturated rings. The number of urea groups is 1. The van der Waals surface area contributed by atoms with Crippen LogP contribution in [0.3, 0.4) is 0 Å². The Balaban J connectivity index is 1.59. The Labute approximate surface area is 249 Å². The molecule has 0 aliphatic heterocycles. The summed E-state index contributed by atoms with van der Waals surface area (Å²) in [6.07, 6.45) is 0.158. The van der Waals surface area contributed by atoms with Gasteiger partial charge in [0.25, 0.3) is 10.0 Å². The average molecular weight is 612 g/mol. The van der Waals surface area contributed by atoms with Crippen LogP contribution in [-0.4, -0.2) is 40.1 Å². The van der Waals surface area contributed by atoms with E-state index in [0.717, 1.165) is 5.56 Å². The van der Waals surface area contributed by atoms with Crippen molar-refractivity contribution in [1.82, 2.24) is 10.0 Å². The highest BCUT2D eigenvalue weighted by molar-refractivity contribution is 7.90. The van der Waals surface area contributed by atoms with Gasteiger partial charge >= 0.3 is 6.03 Å². The smallest absolute Gasteiger partial charge is 0.329 e. The molecule has 2 N–H and O–H groups in total. The highest BCUT2D eigenvalue weighted by atomic mass is 35.5. The lowest BCUT2D eigenvalue weighted by atomic mass is 10.0. The van der Waals surface area contributed by atoms with E-state index < -0.39 is 22.1 Å². The fraction of sp³-hybridized carbons (Fsp3) is 0.200. The van der Waals surface area contributed by atoms with E-state index in [0.29, 0.717) is 39.0 Å². The summed E-state index contributed by atoms with van der Waals surface area (Å²) in [7, 11) is -2.73. The largest absolute Gasteiger partial charge is 0.497 e. The van der Waals surface area contributed by atoms with Crippen LogP contribution in [-0.2, 0) is 21.2 Å². The first-order chi connectivity index (χ1) is 19.6. The van der Waals surface area contributed by atoms with Gasteiger partial charge in [0.2, 0.25) is 5.91 Å². The Morgan fingerprint density at radius 1 is 0.976 bits per heavy atom. The molecule has 3 aromatic carbocycles. The number of amides is 3. The van der Waals surface area contributed by atoms with Crippen molar-refractivity contribution in [2.45, 2.75) is 31.2 Å². The van der Waals surface area contributed by atoms with Gasteiger partial charge in [0.05, 0.1) is 12.0 Å². The molecule has 41 heavy (non-hydrogen) atoms. The zero-order chi connectivity index (χ0) is 29.6. The van der Waals surface area contributed by atoms with Gasteiger partial charge in [-0.1, -0.05) is 54.1 Å². The number of ether oxygens (including phenoxy) is 1. The highest BCUT2D eigenvalue weighted by Crippen LogP contribution is 2.36. The molecule has 0 spiro atoms. The van der Waals surface area contributed by atoms with Crippen molar-refractivity contribution >= 4 is 50.6 Å². The number of carbonyl (C=O) groups is 2. The molecule has 1 aromatic heterocycles. The number of likely N-dealkylation sites (N-methyl/N-ethyl adjacent to an activating group) is 1. The van der Waals surface area contributed by atoms with Crippen LogP contribution in [0.1, 0.15) is 18.1 Å². The van der Waals surface area contributed by atoms with Crippen LogP contribution in [0.2, 0.25) is 4.34 Å². The van der Waals surface area contributed by atoms with Crippen molar-refractivity contribution in [3.05, 3.63) is 99.7 Å². The molecular formula is C30H30ClN3O5S2. The van der Waals surface area contributed by atoms with E-state index in [1.54, 1.807) is 50.4 Å². The van der Waals surface area contributed by atoms with Gasteiger partial charge in [-0.15, -0.1) is 11.3 Å². The topological polar surface area (TPSA) is 105 Å². The minimum Gasteiger partial charge on any atom is -0.497 e. The molecule has 0 aliphatic carbocycles. The molecule has 0 saturated heterocycles. The molecular weight excluding hydrogens is 582 g/mol. The maximum Gasteiger partial charge on any atom is 0.329 e. The van der Waals surface area contributed by atoms with Crippen LogP contribution in [0, 0.1) is 6.92 Å². The number of nitrogens with zero attached hydrogens (tertiary/aromatic N) is 1. The highest BCUT2D eigenvalue weighted by Gasteiger charge is 2.29.